The van der Waals surface area contributed by atoms with Crippen LogP contribution in [-0.4, -0.2) is 36.8 Å². The van der Waals surface area contributed by atoms with Crippen LogP contribution < -0.4 is 5.32 Å². The molecule has 0 aliphatic carbocycles. The van der Waals surface area contributed by atoms with Gasteiger partial charge in [0.1, 0.15) is 5.82 Å². The third kappa shape index (κ3) is 4.34. The van der Waals surface area contributed by atoms with E-state index in [1.54, 1.807) is 12.1 Å². The van der Waals surface area contributed by atoms with Crippen molar-refractivity contribution in [2.24, 2.45) is 0 Å². The Balaban J connectivity index is 1.89. The van der Waals surface area contributed by atoms with Crippen LogP contribution in [0.3, 0.4) is 0 Å². The van der Waals surface area contributed by atoms with Crippen LogP contribution in [-0.2, 0) is 0 Å². The molecule has 20 heavy (non-hydrogen) atoms. The average Bonchev–Trinajstić information content (AvgIpc) is 2.34. The molecular weight excluding hydrogens is 340 g/mol. The number of piperidine rings is 1. The van der Waals surface area contributed by atoms with Crippen LogP contribution in [0.2, 0.25) is 0 Å². The zero-order chi connectivity index (χ0) is 14.8. The molecule has 1 N–H and O–H groups in total. The topological polar surface area (TPSA) is 15.3 Å². The fourth-order valence-electron chi connectivity index (χ4n) is 2.33. The second-order valence-electron chi connectivity index (χ2n) is 4.91. The normalized spacial score (nSPS) is 18.2. The molecule has 0 unspecified atom stereocenters. The highest BCUT2D eigenvalue weighted by Gasteiger charge is 2.32. The van der Waals surface area contributed by atoms with Gasteiger partial charge >= 0.3 is 6.18 Å². The lowest BCUT2D eigenvalue weighted by molar-refractivity contribution is -0.147. The molecule has 0 aromatic heterocycles. The Kier molecular flexibility index (Phi) is 4.90. The van der Waals surface area contributed by atoms with Gasteiger partial charge in [0, 0.05) is 23.6 Å². The number of halogens is 5. The fourth-order valence-corrected chi connectivity index (χ4v) is 2.79. The molecule has 2 nitrogen and oxygen atoms in total. The Morgan fingerprint density at radius 2 is 1.90 bits per heavy atom. The number of likely N-dealkylation sites (tertiary alicyclic amines) is 1. The van der Waals surface area contributed by atoms with Gasteiger partial charge in [-0.15, -0.1) is 0 Å². The van der Waals surface area contributed by atoms with Crippen LogP contribution in [0.15, 0.2) is 22.7 Å². The number of benzene rings is 1. The van der Waals surface area contributed by atoms with Crippen LogP contribution in [0.5, 0.6) is 0 Å². The SMILES string of the molecule is Fc1cccc(Br)c1NC1CCN(CC(F)(F)F)CC1. The Morgan fingerprint density at radius 3 is 2.45 bits per heavy atom. The highest BCUT2D eigenvalue weighted by atomic mass is 79.9. The summed E-state index contributed by atoms with van der Waals surface area (Å²) in [7, 11) is 0. The molecule has 1 aromatic rings. The van der Waals surface area contributed by atoms with Crippen molar-refractivity contribution < 1.29 is 17.6 Å². The van der Waals surface area contributed by atoms with Crippen LogP contribution in [0.1, 0.15) is 12.8 Å². The summed E-state index contributed by atoms with van der Waals surface area (Å²) in [5.41, 5.74) is 0.377. The molecule has 112 valence electrons. The minimum absolute atomic E-state index is 0.00677. The van der Waals surface area contributed by atoms with Crippen molar-refractivity contribution in [1.29, 1.82) is 0 Å². The summed E-state index contributed by atoms with van der Waals surface area (Å²) in [5, 5.41) is 3.07. The zero-order valence-corrected chi connectivity index (χ0v) is 12.3. The van der Waals surface area contributed by atoms with Crippen LogP contribution in [0.25, 0.3) is 0 Å². The Labute approximate surface area is 123 Å². The quantitative estimate of drug-likeness (QED) is 0.824. The summed E-state index contributed by atoms with van der Waals surface area (Å²) < 4.78 is 51.1. The van der Waals surface area contributed by atoms with Gasteiger partial charge in [-0.05, 0) is 40.9 Å². The van der Waals surface area contributed by atoms with Crippen molar-refractivity contribution in [2.75, 3.05) is 25.0 Å². The smallest absolute Gasteiger partial charge is 0.379 e. The van der Waals surface area contributed by atoms with E-state index >= 15 is 0 Å². The van der Waals surface area contributed by atoms with Gasteiger partial charge < -0.3 is 5.32 Å². The van der Waals surface area contributed by atoms with Crippen LogP contribution in [0, 0.1) is 5.82 Å². The van der Waals surface area contributed by atoms with Crippen molar-refractivity contribution in [1.82, 2.24) is 4.90 Å². The van der Waals surface area contributed by atoms with Gasteiger partial charge in [0.05, 0.1) is 12.2 Å². The first-order valence-corrected chi connectivity index (χ1v) is 7.14. The van der Waals surface area contributed by atoms with Crippen LogP contribution >= 0.6 is 15.9 Å². The Hall–Kier alpha value is -0.820. The van der Waals surface area contributed by atoms with Gasteiger partial charge in [-0.2, -0.15) is 13.2 Å². The molecule has 1 aromatic carbocycles. The third-order valence-electron chi connectivity index (χ3n) is 3.30. The van der Waals surface area contributed by atoms with Crippen molar-refractivity contribution in [3.05, 3.63) is 28.5 Å². The number of rotatable bonds is 3. The molecule has 1 heterocycles. The molecule has 2 rings (SSSR count). The molecule has 0 spiro atoms. The molecular formula is C13H15BrF4N2. The van der Waals surface area contributed by atoms with Crippen molar-refractivity contribution >= 4 is 21.6 Å². The van der Waals surface area contributed by atoms with Gasteiger partial charge in [-0.25, -0.2) is 4.39 Å². The summed E-state index contributed by atoms with van der Waals surface area (Å²) in [6, 6.07) is 4.67. The number of hydrogen-bond acceptors (Lipinski definition) is 2. The number of alkyl halides is 3. The van der Waals surface area contributed by atoms with E-state index in [2.05, 4.69) is 21.2 Å². The molecule has 1 saturated heterocycles. The molecule has 0 radical (unpaired) electrons. The predicted octanol–water partition coefficient (Wildman–Crippen LogP) is 4.03. The third-order valence-corrected chi connectivity index (χ3v) is 3.96. The van der Waals surface area contributed by atoms with Gasteiger partial charge in [-0.3, -0.25) is 4.90 Å². The first kappa shape index (κ1) is 15.6. The molecule has 1 aliphatic heterocycles. The maximum atomic E-state index is 13.7. The highest BCUT2D eigenvalue weighted by Crippen LogP contribution is 2.28. The second-order valence-corrected chi connectivity index (χ2v) is 5.76. The maximum absolute atomic E-state index is 13.7. The lowest BCUT2D eigenvalue weighted by Gasteiger charge is -2.33. The van der Waals surface area contributed by atoms with Gasteiger partial charge in [0.2, 0.25) is 0 Å². The Morgan fingerprint density at radius 1 is 1.25 bits per heavy atom. The molecule has 0 saturated carbocycles. The van der Waals surface area contributed by atoms with Gasteiger partial charge in [0.15, 0.2) is 0 Å². The number of para-hydroxylation sites is 1. The van der Waals surface area contributed by atoms with E-state index in [0.717, 1.165) is 0 Å². The van der Waals surface area contributed by atoms with Crippen molar-refractivity contribution in [2.45, 2.75) is 25.1 Å². The van der Waals surface area contributed by atoms with Crippen molar-refractivity contribution in [3.8, 4) is 0 Å². The van der Waals surface area contributed by atoms with Gasteiger partial charge in [-0.1, -0.05) is 6.07 Å². The monoisotopic (exact) mass is 354 g/mol. The lowest BCUT2D eigenvalue weighted by Crippen LogP contribution is -2.43. The number of anilines is 1. The van der Waals surface area contributed by atoms with Gasteiger partial charge in [0.25, 0.3) is 0 Å². The molecule has 1 aliphatic rings. The van der Waals surface area contributed by atoms with E-state index in [1.165, 1.54) is 11.0 Å². The summed E-state index contributed by atoms with van der Waals surface area (Å²) in [6.07, 6.45) is -3.03. The molecule has 0 bridgehead atoms. The van der Waals surface area contributed by atoms with Crippen molar-refractivity contribution in [3.63, 3.8) is 0 Å². The maximum Gasteiger partial charge on any atom is 0.401 e. The highest BCUT2D eigenvalue weighted by molar-refractivity contribution is 9.10. The van der Waals surface area contributed by atoms with E-state index in [9.17, 15) is 17.6 Å². The first-order valence-electron chi connectivity index (χ1n) is 6.35. The second kappa shape index (κ2) is 6.30. The summed E-state index contributed by atoms with van der Waals surface area (Å²) in [6.45, 7) is -0.143. The molecule has 1 fully saturated rings. The standard InChI is InChI=1S/C13H15BrF4N2/c14-10-2-1-3-11(15)12(10)19-9-4-6-20(7-5-9)8-13(16,17)18/h1-3,9,19H,4-8H2. The van der Waals surface area contributed by atoms with E-state index in [0.29, 0.717) is 36.1 Å². The Bertz CT molecular complexity index is 436. The van der Waals surface area contributed by atoms with Crippen LogP contribution in [0.4, 0.5) is 23.2 Å². The summed E-state index contributed by atoms with van der Waals surface area (Å²) in [4.78, 5) is 1.38. The summed E-state index contributed by atoms with van der Waals surface area (Å²) in [5.74, 6) is -0.364. The number of hydrogen-bond donors (Lipinski definition) is 1. The van der Waals surface area contributed by atoms with E-state index in [1.807, 2.05) is 0 Å². The fraction of sp³-hybridized carbons (Fsp3) is 0.538. The zero-order valence-electron chi connectivity index (χ0n) is 10.7. The molecule has 7 heteroatoms. The first-order chi connectivity index (χ1) is 9.35. The summed E-state index contributed by atoms with van der Waals surface area (Å²) >= 11 is 3.26. The minimum Gasteiger partial charge on any atom is -0.379 e. The van der Waals surface area contributed by atoms with E-state index in [4.69, 9.17) is 0 Å². The minimum atomic E-state index is -4.16. The number of nitrogens with zero attached hydrogens (tertiary/aromatic N) is 1. The van der Waals surface area contributed by atoms with E-state index in [-0.39, 0.29) is 11.9 Å². The largest absolute Gasteiger partial charge is 0.401 e. The molecule has 0 atom stereocenters. The molecule has 0 amide bonds. The van der Waals surface area contributed by atoms with E-state index < -0.39 is 12.7 Å². The lowest BCUT2D eigenvalue weighted by atomic mass is 10.0. The average molecular weight is 355 g/mol. The predicted molar refractivity (Wildman–Crippen MR) is 73.2 cm³/mol. The number of nitrogens with one attached hydrogen (secondary N) is 1.